The van der Waals surface area contributed by atoms with Crippen molar-refractivity contribution in [2.75, 3.05) is 0 Å². The smallest absolute Gasteiger partial charge is 0.0698 e. The first-order chi connectivity index (χ1) is 5.78. The molecule has 0 bridgehead atoms. The maximum absolute atomic E-state index is 10.2. The van der Waals surface area contributed by atoms with Gasteiger partial charge in [0.1, 0.15) is 0 Å². The Morgan fingerprint density at radius 3 is 2.23 bits per heavy atom. The van der Waals surface area contributed by atoms with E-state index in [1.165, 1.54) is 0 Å². The van der Waals surface area contributed by atoms with E-state index in [0.29, 0.717) is 12.3 Å². The van der Waals surface area contributed by atoms with Crippen molar-refractivity contribution < 1.29 is 10.2 Å². The molecule has 78 valence electrons. The summed E-state index contributed by atoms with van der Waals surface area (Å²) in [6.07, 6.45) is 2.25. The molecule has 13 heavy (non-hydrogen) atoms. The molecule has 1 fully saturated rings. The molecule has 2 nitrogen and oxygen atoms in total. The molecule has 0 amide bonds. The van der Waals surface area contributed by atoms with Crippen LogP contribution < -0.4 is 0 Å². The zero-order valence-electron chi connectivity index (χ0n) is 9.17. The zero-order valence-corrected chi connectivity index (χ0v) is 9.17. The lowest BCUT2D eigenvalue weighted by atomic mass is 9.66. The minimum atomic E-state index is -0.697. The lowest BCUT2D eigenvalue weighted by Gasteiger charge is -2.46. The Hall–Kier alpha value is -0.0800. The summed E-state index contributed by atoms with van der Waals surface area (Å²) < 4.78 is 0. The summed E-state index contributed by atoms with van der Waals surface area (Å²) in [4.78, 5) is 0. The van der Waals surface area contributed by atoms with E-state index < -0.39 is 11.2 Å². The van der Waals surface area contributed by atoms with Crippen molar-refractivity contribution in [3.63, 3.8) is 0 Å². The van der Waals surface area contributed by atoms with E-state index in [0.717, 1.165) is 12.8 Å². The summed E-state index contributed by atoms with van der Waals surface area (Å²) in [5.41, 5.74) is -1.35. The van der Waals surface area contributed by atoms with Crippen molar-refractivity contribution in [2.24, 2.45) is 11.8 Å². The summed E-state index contributed by atoms with van der Waals surface area (Å²) >= 11 is 0. The van der Waals surface area contributed by atoms with Crippen LogP contribution in [0.4, 0.5) is 0 Å². The summed E-state index contributed by atoms with van der Waals surface area (Å²) in [7, 11) is 0. The number of hydrogen-bond donors (Lipinski definition) is 2. The summed E-state index contributed by atoms with van der Waals surface area (Å²) in [5, 5.41) is 20.3. The maximum atomic E-state index is 10.2. The topological polar surface area (TPSA) is 40.5 Å². The van der Waals surface area contributed by atoms with Gasteiger partial charge in [-0.15, -0.1) is 0 Å². The predicted molar refractivity (Wildman–Crippen MR) is 53.4 cm³/mol. The van der Waals surface area contributed by atoms with Gasteiger partial charge in [0.15, 0.2) is 0 Å². The third-order valence-corrected chi connectivity index (χ3v) is 3.81. The largest absolute Gasteiger partial charge is 0.390 e. The molecular formula is C11H22O2. The molecule has 0 heterocycles. The second-order valence-corrected chi connectivity index (χ2v) is 5.23. The summed E-state index contributed by atoms with van der Waals surface area (Å²) in [6, 6.07) is 0. The van der Waals surface area contributed by atoms with Crippen LogP contribution in [0.3, 0.4) is 0 Å². The maximum Gasteiger partial charge on any atom is 0.0698 e. The van der Waals surface area contributed by atoms with Crippen LogP contribution in [0, 0.1) is 11.8 Å². The molecule has 0 aromatic carbocycles. The first-order valence-corrected chi connectivity index (χ1v) is 5.23. The van der Waals surface area contributed by atoms with E-state index in [2.05, 4.69) is 6.92 Å². The highest BCUT2D eigenvalue weighted by atomic mass is 16.3. The SMILES string of the molecule is CC(C)[C@@]1(O)CC[C@@H](C)[C@](C)(O)C1. The van der Waals surface area contributed by atoms with Gasteiger partial charge in [0, 0.05) is 6.42 Å². The molecule has 1 aliphatic rings. The predicted octanol–water partition coefficient (Wildman–Crippen LogP) is 1.94. The monoisotopic (exact) mass is 186 g/mol. The Morgan fingerprint density at radius 2 is 1.85 bits per heavy atom. The Kier molecular flexibility index (Phi) is 2.75. The highest BCUT2D eigenvalue weighted by Gasteiger charge is 2.45. The third kappa shape index (κ3) is 2.05. The molecule has 1 saturated carbocycles. The number of aliphatic hydroxyl groups is 2. The first kappa shape index (κ1) is 11.0. The first-order valence-electron chi connectivity index (χ1n) is 5.23. The van der Waals surface area contributed by atoms with Crippen molar-refractivity contribution in [3.05, 3.63) is 0 Å². The van der Waals surface area contributed by atoms with Crippen LogP contribution >= 0.6 is 0 Å². The minimum Gasteiger partial charge on any atom is -0.390 e. The van der Waals surface area contributed by atoms with Crippen LogP contribution in [-0.2, 0) is 0 Å². The molecule has 0 unspecified atom stereocenters. The van der Waals surface area contributed by atoms with Gasteiger partial charge < -0.3 is 10.2 Å². The van der Waals surface area contributed by atoms with Gasteiger partial charge in [-0.05, 0) is 31.6 Å². The normalized spacial score (nSPS) is 46.8. The summed E-state index contributed by atoms with van der Waals surface area (Å²) in [5.74, 6) is 0.526. The number of hydrogen-bond acceptors (Lipinski definition) is 2. The van der Waals surface area contributed by atoms with Crippen LogP contribution in [0.2, 0.25) is 0 Å². The Labute approximate surface area is 81.0 Å². The highest BCUT2D eigenvalue weighted by molar-refractivity contribution is 4.97. The van der Waals surface area contributed by atoms with Crippen molar-refractivity contribution in [1.29, 1.82) is 0 Å². The fourth-order valence-electron chi connectivity index (χ4n) is 2.15. The van der Waals surface area contributed by atoms with E-state index in [-0.39, 0.29) is 5.92 Å². The number of rotatable bonds is 1. The molecule has 0 aromatic heterocycles. The molecule has 0 saturated heterocycles. The zero-order chi connectivity index (χ0) is 10.3. The van der Waals surface area contributed by atoms with Gasteiger partial charge >= 0.3 is 0 Å². The van der Waals surface area contributed by atoms with Crippen molar-refractivity contribution >= 4 is 0 Å². The lowest BCUT2D eigenvalue weighted by molar-refractivity contribution is -0.138. The molecular weight excluding hydrogens is 164 g/mol. The van der Waals surface area contributed by atoms with Gasteiger partial charge in [0.25, 0.3) is 0 Å². The molecule has 1 rings (SSSR count). The second-order valence-electron chi connectivity index (χ2n) is 5.23. The van der Waals surface area contributed by atoms with Gasteiger partial charge in [-0.2, -0.15) is 0 Å². The van der Waals surface area contributed by atoms with E-state index in [1.807, 2.05) is 20.8 Å². The lowest BCUT2D eigenvalue weighted by Crippen LogP contribution is -2.51. The van der Waals surface area contributed by atoms with E-state index in [1.54, 1.807) is 0 Å². The summed E-state index contributed by atoms with van der Waals surface area (Å²) in [6.45, 7) is 7.93. The second kappa shape index (κ2) is 3.25. The highest BCUT2D eigenvalue weighted by Crippen LogP contribution is 2.42. The minimum absolute atomic E-state index is 0.228. The van der Waals surface area contributed by atoms with Crippen molar-refractivity contribution in [1.82, 2.24) is 0 Å². The van der Waals surface area contributed by atoms with Crippen LogP contribution in [0.5, 0.6) is 0 Å². The molecule has 2 N–H and O–H groups in total. The Morgan fingerprint density at radius 1 is 1.31 bits per heavy atom. The van der Waals surface area contributed by atoms with Gasteiger partial charge in [0.05, 0.1) is 11.2 Å². The Balaban J connectivity index is 2.76. The molecule has 1 aliphatic carbocycles. The van der Waals surface area contributed by atoms with Crippen LogP contribution in [0.1, 0.15) is 47.0 Å². The van der Waals surface area contributed by atoms with Gasteiger partial charge in [-0.3, -0.25) is 0 Å². The van der Waals surface area contributed by atoms with E-state index in [9.17, 15) is 10.2 Å². The molecule has 0 spiro atoms. The van der Waals surface area contributed by atoms with Crippen LogP contribution in [0.25, 0.3) is 0 Å². The fourth-order valence-corrected chi connectivity index (χ4v) is 2.15. The fraction of sp³-hybridized carbons (Fsp3) is 1.00. The average molecular weight is 186 g/mol. The third-order valence-electron chi connectivity index (χ3n) is 3.81. The molecule has 0 aromatic rings. The molecule has 0 aliphatic heterocycles. The quantitative estimate of drug-likeness (QED) is 0.657. The molecule has 3 atom stereocenters. The van der Waals surface area contributed by atoms with Gasteiger partial charge in [-0.1, -0.05) is 20.8 Å². The van der Waals surface area contributed by atoms with E-state index >= 15 is 0 Å². The standard InChI is InChI=1S/C11H22O2/c1-8(2)11(13)6-5-9(3)10(4,12)7-11/h8-9,12-13H,5-7H2,1-4H3/t9-,10-,11-/m1/s1. The average Bonchev–Trinajstić information content (AvgIpc) is 1.96. The molecule has 0 radical (unpaired) electrons. The van der Waals surface area contributed by atoms with Gasteiger partial charge in [-0.25, -0.2) is 0 Å². The van der Waals surface area contributed by atoms with Crippen molar-refractivity contribution in [2.45, 2.75) is 58.2 Å². The molecule has 2 heteroatoms. The van der Waals surface area contributed by atoms with Crippen molar-refractivity contribution in [3.8, 4) is 0 Å². The Bertz CT molecular complexity index is 187. The van der Waals surface area contributed by atoms with Crippen LogP contribution in [0.15, 0.2) is 0 Å². The van der Waals surface area contributed by atoms with E-state index in [4.69, 9.17) is 0 Å². The van der Waals surface area contributed by atoms with Crippen LogP contribution in [-0.4, -0.2) is 21.4 Å². The van der Waals surface area contributed by atoms with Gasteiger partial charge in [0.2, 0.25) is 0 Å².